The van der Waals surface area contributed by atoms with Crippen LogP contribution < -0.4 is 5.73 Å². The van der Waals surface area contributed by atoms with Crippen LogP contribution in [0.2, 0.25) is 0 Å². The van der Waals surface area contributed by atoms with Gasteiger partial charge in [0.1, 0.15) is 0 Å². The monoisotopic (exact) mass is 212 g/mol. The molecule has 0 fully saturated rings. The number of nitrogens with two attached hydrogens (primary N) is 1. The van der Waals surface area contributed by atoms with E-state index in [0.29, 0.717) is 13.0 Å². The van der Waals surface area contributed by atoms with Gasteiger partial charge in [-0.25, -0.2) is 0 Å². The lowest BCUT2D eigenvalue weighted by atomic mass is 9.93. The Morgan fingerprint density at radius 3 is 2.60 bits per heavy atom. The molecule has 0 aliphatic heterocycles. The fourth-order valence-electron chi connectivity index (χ4n) is 1.38. The molecule has 0 aromatic carbocycles. The zero-order valence-electron chi connectivity index (χ0n) is 10.3. The van der Waals surface area contributed by atoms with Crippen LogP contribution in [0.1, 0.15) is 33.1 Å². The van der Waals surface area contributed by atoms with Gasteiger partial charge in [0.2, 0.25) is 5.91 Å². The number of unbranched alkanes of at least 4 members (excludes halogenated alkanes) is 1. The largest absolute Gasteiger partial charge is 0.345 e. The number of carbonyl (C=O) groups excluding carboxylic acids is 1. The molecule has 0 atom stereocenters. The van der Waals surface area contributed by atoms with Crippen LogP contribution in [0.5, 0.6) is 0 Å². The summed E-state index contributed by atoms with van der Waals surface area (Å²) in [5.41, 5.74) is 5.63. The van der Waals surface area contributed by atoms with Crippen molar-refractivity contribution in [3.63, 3.8) is 0 Å². The van der Waals surface area contributed by atoms with E-state index in [0.717, 1.165) is 19.4 Å². The Morgan fingerprint density at radius 1 is 1.53 bits per heavy atom. The summed E-state index contributed by atoms with van der Waals surface area (Å²) in [6.07, 6.45) is 4.23. The van der Waals surface area contributed by atoms with Gasteiger partial charge >= 0.3 is 0 Å². The first kappa shape index (κ1) is 14.2. The number of hydrogen-bond donors (Lipinski definition) is 1. The maximum absolute atomic E-state index is 11.7. The first-order chi connectivity index (χ1) is 6.93. The number of allylic oxidation sites excluding steroid dienone is 1. The summed E-state index contributed by atoms with van der Waals surface area (Å²) in [5, 5.41) is 0. The molecule has 3 nitrogen and oxygen atoms in total. The van der Waals surface area contributed by atoms with E-state index in [1.54, 1.807) is 4.90 Å². The number of nitrogens with zero attached hydrogens (tertiary/aromatic N) is 1. The van der Waals surface area contributed by atoms with Crippen molar-refractivity contribution >= 4 is 5.91 Å². The number of rotatable bonds is 7. The third kappa shape index (κ3) is 6.28. The number of carbonyl (C=O) groups is 1. The van der Waals surface area contributed by atoms with E-state index in [1.807, 2.05) is 13.1 Å². The fraction of sp³-hybridized carbons (Fsp3) is 0.750. The molecule has 2 N–H and O–H groups in total. The average molecular weight is 212 g/mol. The topological polar surface area (TPSA) is 46.3 Å². The Balaban J connectivity index is 3.93. The van der Waals surface area contributed by atoms with Crippen LogP contribution in [0.15, 0.2) is 12.7 Å². The Labute approximate surface area is 93.3 Å². The van der Waals surface area contributed by atoms with E-state index in [9.17, 15) is 4.79 Å². The van der Waals surface area contributed by atoms with Gasteiger partial charge in [-0.3, -0.25) is 4.79 Å². The third-order valence-electron chi connectivity index (χ3n) is 2.44. The van der Waals surface area contributed by atoms with Crippen molar-refractivity contribution in [2.24, 2.45) is 11.1 Å². The zero-order chi connectivity index (χ0) is 11.9. The lowest BCUT2D eigenvalue weighted by molar-refractivity contribution is -0.131. The Hall–Kier alpha value is -0.830. The minimum absolute atomic E-state index is 0.00282. The molecule has 0 rings (SSSR count). The van der Waals surface area contributed by atoms with Gasteiger partial charge in [-0.1, -0.05) is 19.9 Å². The van der Waals surface area contributed by atoms with Gasteiger partial charge in [0, 0.05) is 20.0 Å². The highest BCUT2D eigenvalue weighted by Gasteiger charge is 2.20. The van der Waals surface area contributed by atoms with E-state index >= 15 is 0 Å². The van der Waals surface area contributed by atoms with Crippen LogP contribution in [0, 0.1) is 5.41 Å². The fourth-order valence-corrected chi connectivity index (χ4v) is 1.38. The zero-order valence-corrected chi connectivity index (χ0v) is 10.3. The lowest BCUT2D eigenvalue weighted by Gasteiger charge is -2.29. The van der Waals surface area contributed by atoms with E-state index in [4.69, 9.17) is 5.73 Å². The molecule has 0 spiro atoms. The molecular weight excluding hydrogens is 188 g/mol. The van der Waals surface area contributed by atoms with Crippen molar-refractivity contribution < 1.29 is 4.79 Å². The molecule has 0 saturated carbocycles. The second kappa shape index (κ2) is 6.62. The summed E-state index contributed by atoms with van der Waals surface area (Å²) in [5.74, 6) is 0.193. The van der Waals surface area contributed by atoms with E-state index < -0.39 is 0 Å². The molecule has 0 aromatic rings. The second-order valence-electron chi connectivity index (χ2n) is 4.80. The van der Waals surface area contributed by atoms with Crippen molar-refractivity contribution in [3.8, 4) is 0 Å². The highest BCUT2D eigenvalue weighted by molar-refractivity contribution is 5.75. The summed E-state index contributed by atoms with van der Waals surface area (Å²) >= 11 is 0. The Morgan fingerprint density at radius 2 is 2.13 bits per heavy atom. The summed E-state index contributed by atoms with van der Waals surface area (Å²) in [6.45, 7) is 9.09. The summed E-state index contributed by atoms with van der Waals surface area (Å²) in [6, 6.07) is 0. The van der Waals surface area contributed by atoms with E-state index in [-0.39, 0.29) is 11.3 Å². The predicted octanol–water partition coefficient (Wildman–Crippen LogP) is 1.79. The van der Waals surface area contributed by atoms with Crippen molar-refractivity contribution in [1.29, 1.82) is 0 Å². The van der Waals surface area contributed by atoms with Crippen LogP contribution >= 0.6 is 0 Å². The molecule has 1 amide bonds. The maximum atomic E-state index is 11.7. The van der Waals surface area contributed by atoms with Crippen LogP contribution in [0.4, 0.5) is 0 Å². The van der Waals surface area contributed by atoms with Crippen LogP contribution in [0.25, 0.3) is 0 Å². The van der Waals surface area contributed by atoms with E-state index in [1.165, 1.54) is 0 Å². The summed E-state index contributed by atoms with van der Waals surface area (Å²) in [4.78, 5) is 13.4. The average Bonchev–Trinajstić information content (AvgIpc) is 2.17. The molecule has 3 heteroatoms. The molecule has 0 saturated heterocycles. The number of amides is 1. The molecule has 88 valence electrons. The number of hydrogen-bond acceptors (Lipinski definition) is 2. The lowest BCUT2D eigenvalue weighted by Crippen LogP contribution is -2.39. The highest BCUT2D eigenvalue weighted by atomic mass is 16.2. The minimum Gasteiger partial charge on any atom is -0.345 e. The van der Waals surface area contributed by atoms with Crippen LogP contribution in [-0.2, 0) is 4.79 Å². The SMILES string of the molecule is C=CCCCC(=O)N(C)CC(C)(C)CN. The third-order valence-corrected chi connectivity index (χ3v) is 2.44. The van der Waals surface area contributed by atoms with Gasteiger partial charge in [-0.05, 0) is 24.8 Å². The van der Waals surface area contributed by atoms with Crippen molar-refractivity contribution in [3.05, 3.63) is 12.7 Å². The molecule has 0 aliphatic rings. The van der Waals surface area contributed by atoms with E-state index in [2.05, 4.69) is 20.4 Å². The van der Waals surface area contributed by atoms with Gasteiger partial charge in [0.05, 0.1) is 0 Å². The minimum atomic E-state index is 0.00282. The smallest absolute Gasteiger partial charge is 0.222 e. The van der Waals surface area contributed by atoms with Gasteiger partial charge in [0.15, 0.2) is 0 Å². The first-order valence-corrected chi connectivity index (χ1v) is 5.48. The molecule has 0 heterocycles. The Bertz CT molecular complexity index is 212. The molecule has 0 aliphatic carbocycles. The molecular formula is C12H24N2O. The second-order valence-corrected chi connectivity index (χ2v) is 4.80. The van der Waals surface area contributed by atoms with Gasteiger partial charge in [-0.15, -0.1) is 6.58 Å². The standard InChI is InChI=1S/C12H24N2O/c1-5-6-7-8-11(15)14(4)10-12(2,3)9-13/h5H,1,6-10,13H2,2-4H3. The van der Waals surface area contributed by atoms with Crippen molar-refractivity contribution in [1.82, 2.24) is 4.90 Å². The van der Waals surface area contributed by atoms with Gasteiger partial charge in [0.25, 0.3) is 0 Å². The molecule has 0 aromatic heterocycles. The molecule has 15 heavy (non-hydrogen) atoms. The molecule has 0 bridgehead atoms. The first-order valence-electron chi connectivity index (χ1n) is 5.48. The molecule has 0 radical (unpaired) electrons. The highest BCUT2D eigenvalue weighted by Crippen LogP contribution is 2.14. The van der Waals surface area contributed by atoms with Crippen LogP contribution in [-0.4, -0.2) is 30.9 Å². The predicted molar refractivity (Wildman–Crippen MR) is 64.5 cm³/mol. The summed E-state index contributed by atoms with van der Waals surface area (Å²) in [7, 11) is 1.84. The van der Waals surface area contributed by atoms with Gasteiger partial charge < -0.3 is 10.6 Å². The normalized spacial score (nSPS) is 11.2. The van der Waals surface area contributed by atoms with Crippen molar-refractivity contribution in [2.75, 3.05) is 20.1 Å². The van der Waals surface area contributed by atoms with Crippen molar-refractivity contribution in [2.45, 2.75) is 33.1 Å². The molecule has 0 unspecified atom stereocenters. The van der Waals surface area contributed by atoms with Crippen LogP contribution in [0.3, 0.4) is 0 Å². The quantitative estimate of drug-likeness (QED) is 0.516. The maximum Gasteiger partial charge on any atom is 0.222 e. The van der Waals surface area contributed by atoms with Gasteiger partial charge in [-0.2, -0.15) is 0 Å². The summed E-state index contributed by atoms with van der Waals surface area (Å²) < 4.78 is 0. The Kier molecular flexibility index (Phi) is 6.25.